The summed E-state index contributed by atoms with van der Waals surface area (Å²) in [5, 5.41) is 6.82. The summed E-state index contributed by atoms with van der Waals surface area (Å²) in [6.07, 6.45) is 2.17. The van der Waals surface area contributed by atoms with Gasteiger partial charge in [0.1, 0.15) is 0 Å². The molecule has 0 bridgehead atoms. The minimum atomic E-state index is -0.801. The molecule has 2 rings (SSSR count). The van der Waals surface area contributed by atoms with Crippen molar-refractivity contribution in [1.82, 2.24) is 15.6 Å². The number of hydrogen-bond acceptors (Lipinski definition) is 5. The SMILES string of the molecule is O=C(NCCCN1CCOCC1)C(=O)N/N=C/c1ccccc1Cl. The lowest BCUT2D eigenvalue weighted by Crippen LogP contribution is -2.40. The molecule has 1 fully saturated rings. The third-order valence-electron chi connectivity index (χ3n) is 3.52. The van der Waals surface area contributed by atoms with Gasteiger partial charge in [-0.25, -0.2) is 5.43 Å². The van der Waals surface area contributed by atoms with Gasteiger partial charge in [0.2, 0.25) is 0 Å². The van der Waals surface area contributed by atoms with E-state index in [9.17, 15) is 9.59 Å². The topological polar surface area (TPSA) is 83.0 Å². The molecule has 0 saturated carbocycles. The zero-order valence-electron chi connectivity index (χ0n) is 13.3. The van der Waals surface area contributed by atoms with Gasteiger partial charge in [0.15, 0.2) is 0 Å². The van der Waals surface area contributed by atoms with E-state index in [0.717, 1.165) is 39.3 Å². The molecule has 0 unspecified atom stereocenters. The van der Waals surface area contributed by atoms with Crippen LogP contribution in [0.2, 0.25) is 5.02 Å². The average Bonchev–Trinajstić information content (AvgIpc) is 2.61. The lowest BCUT2D eigenvalue weighted by molar-refractivity contribution is -0.139. The molecule has 0 aromatic heterocycles. The van der Waals surface area contributed by atoms with Crippen molar-refractivity contribution in [3.8, 4) is 0 Å². The van der Waals surface area contributed by atoms with Crippen LogP contribution >= 0.6 is 11.6 Å². The predicted octanol–water partition coefficient (Wildman–Crippen LogP) is 0.629. The van der Waals surface area contributed by atoms with E-state index in [-0.39, 0.29) is 0 Å². The lowest BCUT2D eigenvalue weighted by atomic mass is 10.2. The van der Waals surface area contributed by atoms with Crippen molar-refractivity contribution in [2.45, 2.75) is 6.42 Å². The number of carbonyl (C=O) groups excluding carboxylic acids is 2. The number of hydrazone groups is 1. The van der Waals surface area contributed by atoms with Crippen LogP contribution in [0.1, 0.15) is 12.0 Å². The van der Waals surface area contributed by atoms with Crippen LogP contribution in [0.5, 0.6) is 0 Å². The molecule has 1 heterocycles. The van der Waals surface area contributed by atoms with E-state index in [1.165, 1.54) is 6.21 Å². The number of rotatable bonds is 6. The first-order valence-corrected chi connectivity index (χ1v) is 8.20. The fourth-order valence-electron chi connectivity index (χ4n) is 2.20. The number of nitrogens with zero attached hydrogens (tertiary/aromatic N) is 2. The number of carbonyl (C=O) groups is 2. The van der Waals surface area contributed by atoms with Crippen molar-refractivity contribution in [3.63, 3.8) is 0 Å². The van der Waals surface area contributed by atoms with Crippen LogP contribution in [0.15, 0.2) is 29.4 Å². The molecule has 7 nitrogen and oxygen atoms in total. The monoisotopic (exact) mass is 352 g/mol. The summed E-state index contributed by atoms with van der Waals surface area (Å²) < 4.78 is 5.27. The minimum absolute atomic E-state index is 0.442. The normalized spacial score (nSPS) is 15.4. The number of nitrogens with one attached hydrogen (secondary N) is 2. The zero-order chi connectivity index (χ0) is 17.2. The van der Waals surface area contributed by atoms with Crippen molar-refractivity contribution < 1.29 is 14.3 Å². The molecule has 1 aliphatic rings. The smallest absolute Gasteiger partial charge is 0.329 e. The first kappa shape index (κ1) is 18.4. The van der Waals surface area contributed by atoms with Gasteiger partial charge >= 0.3 is 11.8 Å². The molecule has 1 saturated heterocycles. The third-order valence-corrected chi connectivity index (χ3v) is 3.87. The van der Waals surface area contributed by atoms with Crippen molar-refractivity contribution in [2.24, 2.45) is 5.10 Å². The summed E-state index contributed by atoms with van der Waals surface area (Å²) >= 11 is 5.96. The Morgan fingerprint density at radius 1 is 1.25 bits per heavy atom. The molecule has 0 atom stereocenters. The van der Waals surface area contributed by atoms with Crippen molar-refractivity contribution in [2.75, 3.05) is 39.4 Å². The Kier molecular flexibility index (Phi) is 7.67. The van der Waals surface area contributed by atoms with Crippen LogP contribution in [0.25, 0.3) is 0 Å². The highest BCUT2D eigenvalue weighted by atomic mass is 35.5. The molecule has 0 spiro atoms. The van der Waals surface area contributed by atoms with Crippen LogP contribution in [0.4, 0.5) is 0 Å². The van der Waals surface area contributed by atoms with E-state index in [1.807, 2.05) is 0 Å². The molecule has 130 valence electrons. The fraction of sp³-hybridized carbons (Fsp3) is 0.438. The molecule has 8 heteroatoms. The van der Waals surface area contributed by atoms with Crippen LogP contribution in [-0.4, -0.2) is 62.3 Å². The Balaban J connectivity index is 1.63. The van der Waals surface area contributed by atoms with Gasteiger partial charge in [-0.3, -0.25) is 14.5 Å². The van der Waals surface area contributed by atoms with Gasteiger partial charge in [-0.1, -0.05) is 29.8 Å². The van der Waals surface area contributed by atoms with E-state index < -0.39 is 11.8 Å². The second-order valence-electron chi connectivity index (χ2n) is 5.28. The number of benzene rings is 1. The van der Waals surface area contributed by atoms with Gasteiger partial charge in [-0.05, 0) is 19.0 Å². The van der Waals surface area contributed by atoms with Crippen LogP contribution in [0, 0.1) is 0 Å². The van der Waals surface area contributed by atoms with Gasteiger partial charge in [0.25, 0.3) is 0 Å². The fourth-order valence-corrected chi connectivity index (χ4v) is 2.39. The molecular formula is C16H21ClN4O3. The number of amides is 2. The van der Waals surface area contributed by atoms with Gasteiger partial charge in [-0.2, -0.15) is 5.10 Å². The Morgan fingerprint density at radius 3 is 2.75 bits per heavy atom. The maximum atomic E-state index is 11.6. The highest BCUT2D eigenvalue weighted by Crippen LogP contribution is 2.11. The predicted molar refractivity (Wildman–Crippen MR) is 92.1 cm³/mol. The lowest BCUT2D eigenvalue weighted by Gasteiger charge is -2.26. The van der Waals surface area contributed by atoms with E-state index >= 15 is 0 Å². The second-order valence-corrected chi connectivity index (χ2v) is 5.69. The standard InChI is InChI=1S/C16H21ClN4O3/c17-14-5-2-1-4-13(14)12-19-20-16(23)15(22)18-6-3-7-21-8-10-24-11-9-21/h1-2,4-5,12H,3,6-11H2,(H,18,22)(H,20,23)/b19-12+. The maximum Gasteiger partial charge on any atom is 0.329 e. The maximum absolute atomic E-state index is 11.6. The molecule has 2 N–H and O–H groups in total. The van der Waals surface area contributed by atoms with Crippen molar-refractivity contribution in [1.29, 1.82) is 0 Å². The van der Waals surface area contributed by atoms with Crippen LogP contribution in [-0.2, 0) is 14.3 Å². The largest absolute Gasteiger partial charge is 0.379 e. The highest BCUT2D eigenvalue weighted by Gasteiger charge is 2.13. The number of ether oxygens (including phenoxy) is 1. The first-order valence-electron chi connectivity index (χ1n) is 7.82. The first-order chi connectivity index (χ1) is 11.7. The molecule has 24 heavy (non-hydrogen) atoms. The van der Waals surface area contributed by atoms with Gasteiger partial charge in [-0.15, -0.1) is 0 Å². The van der Waals surface area contributed by atoms with Crippen LogP contribution in [0.3, 0.4) is 0 Å². The summed E-state index contributed by atoms with van der Waals surface area (Å²) in [6, 6.07) is 7.06. The Labute approximate surface area is 146 Å². The molecule has 1 aromatic carbocycles. The van der Waals surface area contributed by atoms with Crippen molar-refractivity contribution >= 4 is 29.6 Å². The number of morpholine rings is 1. The van der Waals surface area contributed by atoms with E-state index in [1.54, 1.807) is 24.3 Å². The molecule has 0 aliphatic carbocycles. The van der Waals surface area contributed by atoms with Gasteiger partial charge < -0.3 is 10.1 Å². The molecule has 0 radical (unpaired) electrons. The van der Waals surface area contributed by atoms with E-state index in [0.29, 0.717) is 17.1 Å². The Hall–Kier alpha value is -1.96. The van der Waals surface area contributed by atoms with E-state index in [4.69, 9.17) is 16.3 Å². The van der Waals surface area contributed by atoms with Crippen LogP contribution < -0.4 is 10.7 Å². The summed E-state index contributed by atoms with van der Waals surface area (Å²) in [5.74, 6) is -1.50. The Morgan fingerprint density at radius 2 is 2.00 bits per heavy atom. The zero-order valence-corrected chi connectivity index (χ0v) is 14.1. The highest BCUT2D eigenvalue weighted by molar-refractivity contribution is 6.35. The van der Waals surface area contributed by atoms with Crippen molar-refractivity contribution in [3.05, 3.63) is 34.9 Å². The molecular weight excluding hydrogens is 332 g/mol. The minimum Gasteiger partial charge on any atom is -0.379 e. The molecule has 1 aliphatic heterocycles. The quantitative estimate of drug-likeness (QED) is 0.340. The number of hydrogen-bond donors (Lipinski definition) is 2. The average molecular weight is 353 g/mol. The van der Waals surface area contributed by atoms with Gasteiger partial charge in [0, 0.05) is 30.2 Å². The third kappa shape index (κ3) is 6.27. The summed E-state index contributed by atoms with van der Waals surface area (Å²) in [4.78, 5) is 25.5. The second kappa shape index (κ2) is 10.0. The number of halogens is 1. The van der Waals surface area contributed by atoms with Gasteiger partial charge in [0.05, 0.1) is 19.4 Å². The molecule has 2 amide bonds. The summed E-state index contributed by atoms with van der Waals surface area (Å²) in [6.45, 7) is 4.63. The molecule has 1 aromatic rings. The summed E-state index contributed by atoms with van der Waals surface area (Å²) in [7, 11) is 0. The summed E-state index contributed by atoms with van der Waals surface area (Å²) in [5.41, 5.74) is 2.84. The van der Waals surface area contributed by atoms with E-state index in [2.05, 4.69) is 20.7 Å². The Bertz CT molecular complexity index is 588.